The molecule has 0 aliphatic carbocycles. The van der Waals surface area contributed by atoms with Gasteiger partial charge in [0, 0.05) is 25.8 Å². The van der Waals surface area contributed by atoms with Gasteiger partial charge in [-0.1, -0.05) is 6.92 Å². The van der Waals surface area contributed by atoms with Crippen LogP contribution in [0, 0.1) is 0 Å². The highest BCUT2D eigenvalue weighted by atomic mass is 16.5. The average molecular weight is 280 g/mol. The lowest BCUT2D eigenvalue weighted by Crippen LogP contribution is -2.34. The molecule has 112 valence electrons. The van der Waals surface area contributed by atoms with Gasteiger partial charge >= 0.3 is 0 Å². The van der Waals surface area contributed by atoms with Crippen LogP contribution in [0.4, 0.5) is 11.6 Å². The summed E-state index contributed by atoms with van der Waals surface area (Å²) in [5.41, 5.74) is 2.56. The minimum Gasteiger partial charge on any atom is -0.377 e. The molecule has 0 radical (unpaired) electrons. The van der Waals surface area contributed by atoms with E-state index in [-0.39, 0.29) is 0 Å². The van der Waals surface area contributed by atoms with Gasteiger partial charge in [0.2, 0.25) is 0 Å². The van der Waals surface area contributed by atoms with Crippen LogP contribution in [-0.4, -0.2) is 47.7 Å². The molecule has 1 atom stereocenters. The number of rotatable bonds is 7. The zero-order valence-electron chi connectivity index (χ0n) is 12.2. The number of likely N-dealkylation sites (tertiary alicyclic amines) is 1. The quantitative estimate of drug-likeness (QED) is 0.503. The number of aromatic nitrogens is 2. The van der Waals surface area contributed by atoms with Crippen LogP contribution in [-0.2, 0) is 11.3 Å². The second kappa shape index (κ2) is 7.37. The Labute approximate surface area is 119 Å². The van der Waals surface area contributed by atoms with Crippen molar-refractivity contribution < 1.29 is 4.74 Å². The lowest BCUT2D eigenvalue weighted by atomic mass is 10.2. The molecule has 1 saturated heterocycles. The maximum Gasteiger partial charge on any atom is 0.158 e. The van der Waals surface area contributed by atoms with E-state index < -0.39 is 0 Å². The number of hydrogen-bond acceptors (Lipinski definition) is 7. The van der Waals surface area contributed by atoms with Crippen molar-refractivity contribution in [2.75, 3.05) is 37.5 Å². The molecule has 1 aromatic rings. The molecule has 0 bridgehead atoms. The van der Waals surface area contributed by atoms with Crippen molar-refractivity contribution in [3.8, 4) is 0 Å². The fraction of sp³-hybridized carbons (Fsp3) is 0.692. The smallest absolute Gasteiger partial charge is 0.158 e. The Balaban J connectivity index is 1.99. The molecular formula is C13H24N6O. The molecule has 1 fully saturated rings. The molecule has 1 aromatic heterocycles. The Bertz CT molecular complexity index is 427. The van der Waals surface area contributed by atoms with Crippen molar-refractivity contribution in [2.45, 2.75) is 32.4 Å². The highest BCUT2D eigenvalue weighted by molar-refractivity contribution is 5.46. The van der Waals surface area contributed by atoms with E-state index in [1.807, 2.05) is 6.07 Å². The van der Waals surface area contributed by atoms with Crippen LogP contribution in [0.1, 0.15) is 25.6 Å². The van der Waals surface area contributed by atoms with Crippen molar-refractivity contribution in [1.82, 2.24) is 14.9 Å². The summed E-state index contributed by atoms with van der Waals surface area (Å²) in [5, 5.41) is 3.38. The third-order valence-electron chi connectivity index (χ3n) is 3.62. The molecule has 0 aromatic carbocycles. The van der Waals surface area contributed by atoms with Gasteiger partial charge in [-0.15, -0.1) is 0 Å². The van der Waals surface area contributed by atoms with Crippen LogP contribution in [0.15, 0.2) is 6.07 Å². The Kier molecular flexibility index (Phi) is 5.51. The Morgan fingerprint density at radius 1 is 1.45 bits per heavy atom. The van der Waals surface area contributed by atoms with E-state index in [2.05, 4.69) is 32.5 Å². The van der Waals surface area contributed by atoms with Crippen LogP contribution < -0.4 is 16.6 Å². The molecule has 7 heteroatoms. The number of nitrogens with one attached hydrogen (secondary N) is 2. The lowest BCUT2D eigenvalue weighted by Gasteiger charge is -2.23. The van der Waals surface area contributed by atoms with Crippen molar-refractivity contribution in [2.24, 2.45) is 5.84 Å². The van der Waals surface area contributed by atoms with Crippen LogP contribution in [0.3, 0.4) is 0 Å². The monoisotopic (exact) mass is 280 g/mol. The minimum absolute atomic E-state index is 0.370. The van der Waals surface area contributed by atoms with E-state index >= 15 is 0 Å². The molecule has 20 heavy (non-hydrogen) atoms. The number of hydrazine groups is 1. The van der Waals surface area contributed by atoms with Crippen LogP contribution in [0.2, 0.25) is 0 Å². The van der Waals surface area contributed by atoms with Gasteiger partial charge in [-0.3, -0.25) is 4.90 Å². The second-order valence-electron chi connectivity index (χ2n) is 4.94. The SMILES string of the molecule is CCN1CCCC1CNc1cc(NN)nc(COC)n1. The molecule has 1 aliphatic heterocycles. The Morgan fingerprint density at radius 2 is 2.25 bits per heavy atom. The molecule has 7 nitrogen and oxygen atoms in total. The van der Waals surface area contributed by atoms with Gasteiger partial charge in [-0.25, -0.2) is 15.8 Å². The van der Waals surface area contributed by atoms with E-state index in [1.165, 1.54) is 19.4 Å². The fourth-order valence-electron chi connectivity index (χ4n) is 2.62. The molecular weight excluding hydrogens is 256 g/mol. The van der Waals surface area contributed by atoms with Gasteiger partial charge in [0.1, 0.15) is 18.2 Å². The first kappa shape index (κ1) is 15.0. The molecule has 2 rings (SSSR count). The predicted molar refractivity (Wildman–Crippen MR) is 79.3 cm³/mol. The van der Waals surface area contributed by atoms with Gasteiger partial charge < -0.3 is 15.5 Å². The molecule has 0 amide bonds. The largest absolute Gasteiger partial charge is 0.377 e. The first-order chi connectivity index (χ1) is 9.76. The van der Waals surface area contributed by atoms with Gasteiger partial charge in [0.25, 0.3) is 0 Å². The molecule has 0 spiro atoms. The first-order valence-electron chi connectivity index (χ1n) is 7.08. The van der Waals surface area contributed by atoms with Gasteiger partial charge in [0.05, 0.1) is 0 Å². The molecule has 1 aliphatic rings. The number of hydrogen-bond donors (Lipinski definition) is 3. The number of methoxy groups -OCH3 is 1. The summed E-state index contributed by atoms with van der Waals surface area (Å²) in [7, 11) is 1.62. The minimum atomic E-state index is 0.370. The maximum absolute atomic E-state index is 5.43. The number of nitrogen functional groups attached to an aromatic ring is 1. The van der Waals surface area contributed by atoms with E-state index in [0.29, 0.717) is 24.3 Å². The topological polar surface area (TPSA) is 88.3 Å². The summed E-state index contributed by atoms with van der Waals surface area (Å²) in [5.74, 6) is 7.42. The van der Waals surface area contributed by atoms with Crippen LogP contribution in [0.5, 0.6) is 0 Å². The van der Waals surface area contributed by atoms with Gasteiger partial charge in [-0.05, 0) is 25.9 Å². The molecule has 0 saturated carbocycles. The Morgan fingerprint density at radius 3 is 2.95 bits per heavy atom. The third-order valence-corrected chi connectivity index (χ3v) is 3.62. The van der Waals surface area contributed by atoms with Crippen molar-refractivity contribution in [1.29, 1.82) is 0 Å². The van der Waals surface area contributed by atoms with E-state index in [0.717, 1.165) is 18.9 Å². The summed E-state index contributed by atoms with van der Waals surface area (Å²) in [6, 6.07) is 2.39. The van der Waals surface area contributed by atoms with E-state index in [4.69, 9.17) is 10.6 Å². The second-order valence-corrected chi connectivity index (χ2v) is 4.94. The fourth-order valence-corrected chi connectivity index (χ4v) is 2.62. The third kappa shape index (κ3) is 3.78. The summed E-state index contributed by atoms with van der Waals surface area (Å²) in [6.07, 6.45) is 2.51. The van der Waals surface area contributed by atoms with Gasteiger partial charge in [-0.2, -0.15) is 0 Å². The number of anilines is 2. The number of ether oxygens (including phenoxy) is 1. The number of nitrogens with zero attached hydrogens (tertiary/aromatic N) is 3. The standard InChI is InChI=1S/C13H24N6O/c1-3-19-6-4-5-10(19)8-15-11-7-12(18-14)17-13(16-11)9-20-2/h7,10H,3-6,8-9,14H2,1-2H3,(H2,15,16,17,18). The highest BCUT2D eigenvalue weighted by Crippen LogP contribution is 2.18. The zero-order chi connectivity index (χ0) is 14.4. The van der Waals surface area contributed by atoms with Crippen molar-refractivity contribution in [3.63, 3.8) is 0 Å². The molecule has 4 N–H and O–H groups in total. The van der Waals surface area contributed by atoms with E-state index in [9.17, 15) is 0 Å². The summed E-state index contributed by atoms with van der Waals surface area (Å²) < 4.78 is 5.07. The molecule has 1 unspecified atom stereocenters. The summed E-state index contributed by atoms with van der Waals surface area (Å²) >= 11 is 0. The normalized spacial score (nSPS) is 19.2. The summed E-state index contributed by atoms with van der Waals surface area (Å²) in [4.78, 5) is 11.1. The molecule has 2 heterocycles. The average Bonchev–Trinajstić information content (AvgIpc) is 2.92. The first-order valence-corrected chi connectivity index (χ1v) is 7.08. The van der Waals surface area contributed by atoms with Gasteiger partial charge in [0.15, 0.2) is 5.82 Å². The maximum atomic E-state index is 5.43. The lowest BCUT2D eigenvalue weighted by molar-refractivity contribution is 0.178. The zero-order valence-corrected chi connectivity index (χ0v) is 12.2. The summed E-state index contributed by atoms with van der Waals surface area (Å²) in [6.45, 7) is 5.75. The van der Waals surface area contributed by atoms with Crippen molar-refractivity contribution in [3.05, 3.63) is 11.9 Å². The Hall–Kier alpha value is -1.44. The van der Waals surface area contributed by atoms with Crippen LogP contribution >= 0.6 is 0 Å². The number of nitrogens with two attached hydrogens (primary N) is 1. The highest BCUT2D eigenvalue weighted by Gasteiger charge is 2.22. The van der Waals surface area contributed by atoms with Crippen molar-refractivity contribution >= 4 is 11.6 Å². The predicted octanol–water partition coefficient (Wildman–Crippen LogP) is 0.805. The van der Waals surface area contributed by atoms with E-state index in [1.54, 1.807) is 7.11 Å². The number of likely N-dealkylation sites (N-methyl/N-ethyl adjacent to an activating group) is 1. The van der Waals surface area contributed by atoms with Crippen LogP contribution in [0.25, 0.3) is 0 Å².